The molecule has 3 aromatic carbocycles. The molecule has 5 rings (SSSR count). The maximum Gasteiger partial charge on any atom is 0.195 e. The Kier molecular flexibility index (Phi) is 4.46. The van der Waals surface area contributed by atoms with E-state index in [2.05, 4.69) is 90.2 Å². The number of unbranched alkanes of at least 4 members (excludes halogenated alkanes) is 1. The number of rotatable bonds is 5. The minimum atomic E-state index is 1.05. The Morgan fingerprint density at radius 1 is 0.821 bits per heavy atom. The Labute approximate surface area is 169 Å². The molecule has 5 aromatic rings. The van der Waals surface area contributed by atoms with E-state index in [4.69, 9.17) is 4.98 Å². The molecule has 0 aliphatic carbocycles. The molecular weight excluding hydrogens is 360 g/mol. The first-order valence-electron chi connectivity index (χ1n) is 9.90. The van der Waals surface area contributed by atoms with Crippen molar-refractivity contribution in [2.45, 2.75) is 26.2 Å². The Balaban J connectivity index is 1.74. The van der Waals surface area contributed by atoms with Gasteiger partial charge in [-0.15, -0.1) is 0 Å². The number of hydrogen-bond acceptors (Lipinski definition) is 2. The van der Waals surface area contributed by atoms with E-state index in [-0.39, 0.29) is 0 Å². The number of hydrogen-bond donors (Lipinski definition) is 0. The lowest BCUT2D eigenvalue weighted by molar-refractivity contribution is 0.795. The summed E-state index contributed by atoms with van der Waals surface area (Å²) in [5, 5.41) is 0. The van der Waals surface area contributed by atoms with Crippen molar-refractivity contribution < 1.29 is 0 Å². The second kappa shape index (κ2) is 7.25. The van der Waals surface area contributed by atoms with Crippen LogP contribution in [0.1, 0.15) is 25.3 Å². The predicted molar refractivity (Wildman–Crippen MR) is 120 cm³/mol. The smallest absolute Gasteiger partial charge is 0.195 e. The minimum absolute atomic E-state index is 1.05. The maximum absolute atomic E-state index is 4.89. The van der Waals surface area contributed by atoms with Gasteiger partial charge in [-0.05, 0) is 36.1 Å². The van der Waals surface area contributed by atoms with Crippen molar-refractivity contribution >= 4 is 27.3 Å². The fraction of sp³-hybridized carbons (Fsp3) is 0.160. The molecule has 0 unspecified atom stereocenters. The van der Waals surface area contributed by atoms with Crippen molar-refractivity contribution in [3.05, 3.63) is 84.4 Å². The van der Waals surface area contributed by atoms with Crippen LogP contribution in [0.25, 0.3) is 37.7 Å². The molecule has 2 nitrogen and oxygen atoms in total. The molecule has 0 bridgehead atoms. The Hall–Kier alpha value is -2.91. The van der Waals surface area contributed by atoms with Crippen LogP contribution in [0.15, 0.2) is 78.9 Å². The highest BCUT2D eigenvalue weighted by molar-refractivity contribution is 7.21. The lowest BCUT2D eigenvalue weighted by atomic mass is 10.0. The predicted octanol–water partition coefficient (Wildman–Crippen LogP) is 7.23. The largest absolute Gasteiger partial charge is 0.282 e. The lowest BCUT2D eigenvalue weighted by Crippen LogP contribution is -1.90. The van der Waals surface area contributed by atoms with Crippen molar-refractivity contribution in [3.8, 4) is 21.7 Å². The first kappa shape index (κ1) is 17.2. The molecule has 0 saturated carbocycles. The summed E-state index contributed by atoms with van der Waals surface area (Å²) in [7, 11) is 0. The van der Waals surface area contributed by atoms with Gasteiger partial charge in [0, 0.05) is 5.56 Å². The van der Waals surface area contributed by atoms with Gasteiger partial charge in [0.25, 0.3) is 0 Å². The Morgan fingerprint density at radius 3 is 2.36 bits per heavy atom. The molecule has 28 heavy (non-hydrogen) atoms. The van der Waals surface area contributed by atoms with E-state index < -0.39 is 0 Å². The van der Waals surface area contributed by atoms with Crippen LogP contribution in [0.5, 0.6) is 0 Å². The van der Waals surface area contributed by atoms with Crippen LogP contribution in [-0.4, -0.2) is 9.38 Å². The number of benzene rings is 3. The zero-order valence-electron chi connectivity index (χ0n) is 15.9. The van der Waals surface area contributed by atoms with Crippen molar-refractivity contribution in [1.29, 1.82) is 0 Å². The summed E-state index contributed by atoms with van der Waals surface area (Å²) in [5.41, 5.74) is 7.35. The Bertz CT molecular complexity index is 1230. The summed E-state index contributed by atoms with van der Waals surface area (Å²) in [5.74, 6) is 0. The third-order valence-corrected chi connectivity index (χ3v) is 6.33. The SMILES string of the molecule is CCCCc1ccc(-c2c(-c3ccccc3)sc3nc4ccccc4n23)cc1. The Morgan fingerprint density at radius 2 is 1.57 bits per heavy atom. The van der Waals surface area contributed by atoms with E-state index in [1.807, 2.05) is 0 Å². The molecular formula is C25H22N2S. The molecule has 0 radical (unpaired) electrons. The second-order valence-corrected chi connectivity index (χ2v) is 8.14. The number of fused-ring (bicyclic) bond motifs is 3. The van der Waals surface area contributed by atoms with Crippen LogP contribution in [0, 0.1) is 0 Å². The minimum Gasteiger partial charge on any atom is -0.282 e. The number of nitrogens with zero attached hydrogens (tertiary/aromatic N) is 2. The van der Waals surface area contributed by atoms with Gasteiger partial charge in [0.2, 0.25) is 0 Å². The fourth-order valence-electron chi connectivity index (χ4n) is 3.79. The molecule has 0 fully saturated rings. The average Bonchev–Trinajstić information content (AvgIpc) is 3.29. The monoisotopic (exact) mass is 382 g/mol. The van der Waals surface area contributed by atoms with Crippen molar-refractivity contribution in [2.75, 3.05) is 0 Å². The number of aryl methyl sites for hydroxylation is 1. The van der Waals surface area contributed by atoms with Gasteiger partial charge < -0.3 is 0 Å². The van der Waals surface area contributed by atoms with Gasteiger partial charge in [0.15, 0.2) is 4.96 Å². The lowest BCUT2D eigenvalue weighted by Gasteiger charge is -2.08. The second-order valence-electron chi connectivity index (χ2n) is 7.16. The third kappa shape index (κ3) is 2.92. The van der Waals surface area contributed by atoms with Gasteiger partial charge in [-0.2, -0.15) is 0 Å². The molecule has 138 valence electrons. The van der Waals surface area contributed by atoms with E-state index in [0.717, 1.165) is 16.9 Å². The van der Waals surface area contributed by atoms with E-state index in [1.165, 1.54) is 45.6 Å². The zero-order chi connectivity index (χ0) is 18.9. The van der Waals surface area contributed by atoms with Gasteiger partial charge in [0.1, 0.15) is 0 Å². The van der Waals surface area contributed by atoms with E-state index in [1.54, 1.807) is 11.3 Å². The normalized spacial score (nSPS) is 11.5. The van der Waals surface area contributed by atoms with Crippen LogP contribution < -0.4 is 0 Å². The highest BCUT2D eigenvalue weighted by atomic mass is 32.1. The number of imidazole rings is 1. The maximum atomic E-state index is 4.89. The summed E-state index contributed by atoms with van der Waals surface area (Å²) < 4.78 is 2.32. The summed E-state index contributed by atoms with van der Waals surface area (Å²) in [6.45, 7) is 2.24. The number of para-hydroxylation sites is 2. The van der Waals surface area contributed by atoms with Crippen molar-refractivity contribution in [3.63, 3.8) is 0 Å². The standard InChI is InChI=1S/C25H22N2S/c1-2-3-9-18-14-16-19(17-15-18)23-24(20-10-5-4-6-11-20)28-25-26-21-12-7-8-13-22(21)27(23)25/h4-8,10-17H,2-3,9H2,1H3. The first-order valence-corrected chi connectivity index (χ1v) is 10.7. The van der Waals surface area contributed by atoms with Crippen LogP contribution in [0.2, 0.25) is 0 Å². The summed E-state index contributed by atoms with van der Waals surface area (Å²) in [6, 6.07) is 28.2. The van der Waals surface area contributed by atoms with Crippen LogP contribution in [0.4, 0.5) is 0 Å². The van der Waals surface area contributed by atoms with Gasteiger partial charge >= 0.3 is 0 Å². The van der Waals surface area contributed by atoms with Crippen LogP contribution in [0.3, 0.4) is 0 Å². The fourth-order valence-corrected chi connectivity index (χ4v) is 4.95. The first-order chi connectivity index (χ1) is 13.8. The summed E-state index contributed by atoms with van der Waals surface area (Å²) in [6.07, 6.45) is 3.62. The third-order valence-electron chi connectivity index (χ3n) is 5.24. The molecule has 3 heteroatoms. The molecule has 0 amide bonds. The van der Waals surface area contributed by atoms with Gasteiger partial charge in [-0.25, -0.2) is 4.98 Å². The van der Waals surface area contributed by atoms with Gasteiger partial charge in [-0.3, -0.25) is 4.40 Å². The summed E-state index contributed by atoms with van der Waals surface area (Å²) in [4.78, 5) is 7.21. The van der Waals surface area contributed by atoms with Gasteiger partial charge in [-0.1, -0.05) is 91.4 Å². The molecule has 0 spiro atoms. The summed E-state index contributed by atoms with van der Waals surface area (Å²) >= 11 is 1.77. The molecule has 2 heterocycles. The van der Waals surface area contributed by atoms with E-state index in [0.29, 0.717) is 0 Å². The zero-order valence-corrected chi connectivity index (χ0v) is 16.7. The van der Waals surface area contributed by atoms with E-state index >= 15 is 0 Å². The van der Waals surface area contributed by atoms with Gasteiger partial charge in [0.05, 0.1) is 21.6 Å². The molecule has 0 aliphatic rings. The molecule has 0 saturated heterocycles. The number of aromatic nitrogens is 2. The quantitative estimate of drug-likeness (QED) is 0.313. The number of thiazole rings is 1. The molecule has 0 atom stereocenters. The molecule has 0 N–H and O–H groups in total. The molecule has 0 aliphatic heterocycles. The highest BCUT2D eigenvalue weighted by Crippen LogP contribution is 2.41. The molecule has 2 aromatic heterocycles. The highest BCUT2D eigenvalue weighted by Gasteiger charge is 2.19. The van der Waals surface area contributed by atoms with Crippen molar-refractivity contribution in [2.24, 2.45) is 0 Å². The average molecular weight is 383 g/mol. The van der Waals surface area contributed by atoms with E-state index in [9.17, 15) is 0 Å². The topological polar surface area (TPSA) is 17.3 Å². The van der Waals surface area contributed by atoms with Crippen LogP contribution in [-0.2, 0) is 6.42 Å². The van der Waals surface area contributed by atoms with Crippen LogP contribution >= 0.6 is 11.3 Å². The van der Waals surface area contributed by atoms with Crippen molar-refractivity contribution in [1.82, 2.24) is 9.38 Å².